The number of carbonyl (C=O) groups is 2. The van der Waals surface area contributed by atoms with E-state index < -0.39 is 47.4 Å². The normalized spacial score (nSPS) is 56.0. The lowest BCUT2D eigenvalue weighted by molar-refractivity contribution is -0.253. The van der Waals surface area contributed by atoms with Crippen LogP contribution in [0.5, 0.6) is 0 Å². The molecule has 192 valence electrons. The Morgan fingerprint density at radius 1 is 0.971 bits per heavy atom. The van der Waals surface area contributed by atoms with Crippen molar-refractivity contribution in [3.63, 3.8) is 0 Å². The first-order valence-electron chi connectivity index (χ1n) is 13.1. The Hall–Kier alpha value is -1.02. The number of Topliss-reactive ketones (excluding diaryl/α,β-unsaturated/α-hetero) is 1. The van der Waals surface area contributed by atoms with E-state index in [1.807, 2.05) is 0 Å². The molecule has 4 aliphatic carbocycles. The molecule has 5 fully saturated rings. The van der Waals surface area contributed by atoms with E-state index in [4.69, 9.17) is 9.47 Å². The van der Waals surface area contributed by atoms with Gasteiger partial charge in [-0.05, 0) is 79.4 Å². The summed E-state index contributed by atoms with van der Waals surface area (Å²) in [5, 5.41) is 32.2. The number of hydrogen-bond donors (Lipinski definition) is 3. The first-order valence-corrected chi connectivity index (χ1v) is 13.1. The summed E-state index contributed by atoms with van der Waals surface area (Å²) in [7, 11) is 0. The summed E-state index contributed by atoms with van der Waals surface area (Å²) in [6.07, 6.45) is 1.41. The van der Waals surface area contributed by atoms with Crippen molar-refractivity contribution in [2.75, 3.05) is 0 Å². The highest BCUT2D eigenvalue weighted by Crippen LogP contribution is 2.73. The van der Waals surface area contributed by atoms with E-state index in [1.54, 1.807) is 6.92 Å². The van der Waals surface area contributed by atoms with Gasteiger partial charge in [0.2, 0.25) is 0 Å². The molecule has 5 aliphatic rings. The van der Waals surface area contributed by atoms with E-state index in [1.165, 1.54) is 13.3 Å². The van der Waals surface area contributed by atoms with Gasteiger partial charge in [0, 0.05) is 6.92 Å². The summed E-state index contributed by atoms with van der Waals surface area (Å²) in [4.78, 5) is 26.4. The zero-order valence-electron chi connectivity index (χ0n) is 21.5. The summed E-state index contributed by atoms with van der Waals surface area (Å²) in [6.45, 7) is 12.6. The predicted molar refractivity (Wildman–Crippen MR) is 123 cm³/mol. The molecular formula is C27H42O7. The molecule has 34 heavy (non-hydrogen) atoms. The van der Waals surface area contributed by atoms with Crippen LogP contribution in [0.15, 0.2) is 0 Å². The van der Waals surface area contributed by atoms with Crippen LogP contribution in [-0.4, -0.2) is 57.3 Å². The molecule has 1 heterocycles. The highest BCUT2D eigenvalue weighted by molar-refractivity contribution is 5.96. The van der Waals surface area contributed by atoms with Crippen molar-refractivity contribution in [1.82, 2.24) is 0 Å². The fourth-order valence-corrected chi connectivity index (χ4v) is 10.1. The van der Waals surface area contributed by atoms with Gasteiger partial charge in [-0.2, -0.15) is 0 Å². The van der Waals surface area contributed by atoms with E-state index in [-0.39, 0.29) is 28.1 Å². The van der Waals surface area contributed by atoms with Gasteiger partial charge in [0.15, 0.2) is 17.7 Å². The molecule has 0 aromatic heterocycles. The maximum absolute atomic E-state index is 14.1. The van der Waals surface area contributed by atoms with Crippen LogP contribution in [0.3, 0.4) is 0 Å². The number of ketones is 1. The molecule has 5 rings (SSSR count). The van der Waals surface area contributed by atoms with Crippen molar-refractivity contribution < 1.29 is 34.4 Å². The molecule has 3 N–H and O–H groups in total. The minimum Gasteiger partial charge on any atom is -0.461 e. The smallest absolute Gasteiger partial charge is 0.302 e. The molecule has 1 aliphatic heterocycles. The largest absolute Gasteiger partial charge is 0.461 e. The molecule has 7 heteroatoms. The topological polar surface area (TPSA) is 113 Å². The number of esters is 1. The van der Waals surface area contributed by atoms with E-state index in [0.717, 1.165) is 25.7 Å². The van der Waals surface area contributed by atoms with Crippen molar-refractivity contribution in [2.45, 2.75) is 117 Å². The number of ether oxygens (including phenoxy) is 2. The van der Waals surface area contributed by atoms with Crippen molar-refractivity contribution in [3.05, 3.63) is 0 Å². The first kappa shape index (κ1) is 24.7. The molecule has 0 unspecified atom stereocenters. The Labute approximate surface area is 202 Å². The van der Waals surface area contributed by atoms with Gasteiger partial charge < -0.3 is 24.8 Å². The fraction of sp³-hybridized carbons (Fsp3) is 0.926. The molecule has 7 nitrogen and oxygen atoms in total. The van der Waals surface area contributed by atoms with Crippen molar-refractivity contribution >= 4 is 11.8 Å². The van der Waals surface area contributed by atoms with Gasteiger partial charge in [-0.15, -0.1) is 0 Å². The van der Waals surface area contributed by atoms with Crippen LogP contribution in [0.4, 0.5) is 0 Å². The molecule has 1 saturated heterocycles. The summed E-state index contributed by atoms with van der Waals surface area (Å²) in [5.74, 6) is -0.415. The lowest BCUT2D eigenvalue weighted by Crippen LogP contribution is -2.74. The third-order valence-electron chi connectivity index (χ3n) is 11.6. The maximum Gasteiger partial charge on any atom is 0.302 e. The zero-order valence-corrected chi connectivity index (χ0v) is 21.5. The number of rotatable bonds is 1. The van der Waals surface area contributed by atoms with Crippen molar-refractivity contribution in [3.8, 4) is 0 Å². The van der Waals surface area contributed by atoms with E-state index >= 15 is 0 Å². The zero-order chi connectivity index (χ0) is 25.1. The second-order valence-electron chi connectivity index (χ2n) is 13.5. The minimum absolute atomic E-state index is 0.0564. The fourth-order valence-electron chi connectivity index (χ4n) is 10.1. The third-order valence-corrected chi connectivity index (χ3v) is 11.6. The summed E-state index contributed by atoms with van der Waals surface area (Å²) < 4.78 is 11.5. The van der Waals surface area contributed by atoms with Gasteiger partial charge in [0.25, 0.3) is 0 Å². The molecule has 0 spiro atoms. The minimum atomic E-state index is -2.21. The molecule has 0 radical (unpaired) electrons. The van der Waals surface area contributed by atoms with Crippen LogP contribution in [0, 0.1) is 39.4 Å². The molecule has 11 atom stereocenters. The monoisotopic (exact) mass is 478 g/mol. The molecule has 4 saturated carbocycles. The van der Waals surface area contributed by atoms with E-state index in [2.05, 4.69) is 27.7 Å². The highest BCUT2D eigenvalue weighted by Gasteiger charge is 2.76. The van der Waals surface area contributed by atoms with Gasteiger partial charge in [-0.1, -0.05) is 34.1 Å². The number of aliphatic hydroxyl groups excluding tert-OH is 2. The second-order valence-corrected chi connectivity index (χ2v) is 13.5. The molecule has 0 aromatic rings. The average Bonchev–Trinajstić information content (AvgIpc) is 2.95. The van der Waals surface area contributed by atoms with Crippen molar-refractivity contribution in [1.29, 1.82) is 0 Å². The predicted octanol–water partition coefficient (Wildman–Crippen LogP) is 2.98. The van der Waals surface area contributed by atoms with E-state index in [9.17, 15) is 24.9 Å². The van der Waals surface area contributed by atoms with Gasteiger partial charge in [-0.3, -0.25) is 9.59 Å². The number of hydrogen-bond acceptors (Lipinski definition) is 7. The lowest BCUT2D eigenvalue weighted by atomic mass is 9.34. The molecular weight excluding hydrogens is 436 g/mol. The Morgan fingerprint density at radius 3 is 2.26 bits per heavy atom. The highest BCUT2D eigenvalue weighted by atomic mass is 16.6. The maximum atomic E-state index is 14.1. The standard InChI is InChI=1S/C27H42O7/c1-14(28)33-18-12-16-24(4)10-7-9-23(2,3)15(24)8-11-25(16,5)17-13-19-27(32,20(29)21(30)34-19)22(31)26(17,18)6/h15-21,29-30,32H,7-13H2,1-6H3/t15-,16+,17-,18-,19-,20-,21-,24-,25+,26+,27-/m0/s1. The van der Waals surface area contributed by atoms with Crippen LogP contribution in [0.2, 0.25) is 0 Å². The van der Waals surface area contributed by atoms with Crippen LogP contribution >= 0.6 is 0 Å². The van der Waals surface area contributed by atoms with Crippen LogP contribution in [0.25, 0.3) is 0 Å². The number of aliphatic hydroxyl groups is 3. The first-order chi connectivity index (χ1) is 15.6. The Kier molecular flexibility index (Phi) is 5.27. The number of fused-ring (bicyclic) bond motifs is 6. The Bertz CT molecular complexity index is 901. The van der Waals surface area contributed by atoms with Crippen LogP contribution in [-0.2, 0) is 19.1 Å². The Morgan fingerprint density at radius 2 is 1.62 bits per heavy atom. The van der Waals surface area contributed by atoms with Crippen molar-refractivity contribution in [2.24, 2.45) is 39.4 Å². The van der Waals surface area contributed by atoms with Gasteiger partial charge >= 0.3 is 5.97 Å². The summed E-state index contributed by atoms with van der Waals surface area (Å²) in [5.41, 5.74) is -3.31. The van der Waals surface area contributed by atoms with E-state index in [0.29, 0.717) is 18.8 Å². The van der Waals surface area contributed by atoms with Gasteiger partial charge in [0.1, 0.15) is 12.2 Å². The van der Waals surface area contributed by atoms with Gasteiger partial charge in [-0.25, -0.2) is 0 Å². The van der Waals surface area contributed by atoms with Crippen LogP contribution in [0.1, 0.15) is 86.5 Å². The van der Waals surface area contributed by atoms with Crippen LogP contribution < -0.4 is 0 Å². The third kappa shape index (κ3) is 2.84. The quantitative estimate of drug-likeness (QED) is 0.497. The lowest BCUT2D eigenvalue weighted by Gasteiger charge is -2.70. The average molecular weight is 479 g/mol. The SMILES string of the molecule is CC(=O)O[C@H]1C[C@@H]2[C@@]3(C)CCCC(C)(C)[C@@H]3CC[C@@]2(C)[C@@H]2C[C@@H]3O[C@H](O)[C@H](O)[C@]3(O)C(=O)[C@@]12C. The second kappa shape index (κ2) is 7.27. The van der Waals surface area contributed by atoms with Gasteiger partial charge in [0.05, 0.1) is 11.5 Å². The molecule has 0 amide bonds. The molecule has 0 bridgehead atoms. The number of carbonyl (C=O) groups excluding carboxylic acids is 2. The summed E-state index contributed by atoms with van der Waals surface area (Å²) >= 11 is 0. The molecule has 0 aromatic carbocycles. The Balaban J connectivity index is 1.64. The summed E-state index contributed by atoms with van der Waals surface area (Å²) in [6, 6.07) is 0.